The summed E-state index contributed by atoms with van der Waals surface area (Å²) in [6, 6.07) is 7.51. The van der Waals surface area contributed by atoms with Crippen LogP contribution in [-0.4, -0.2) is 34.7 Å². The lowest BCUT2D eigenvalue weighted by atomic mass is 10.3. The van der Waals surface area contributed by atoms with Crippen LogP contribution in [0.3, 0.4) is 0 Å². The van der Waals surface area contributed by atoms with E-state index in [0.29, 0.717) is 18.2 Å². The highest BCUT2D eigenvalue weighted by Gasteiger charge is 2.14. The Morgan fingerprint density at radius 2 is 1.97 bits per heavy atom. The number of rotatable bonds is 7. The van der Waals surface area contributed by atoms with Gasteiger partial charge in [-0.1, -0.05) is 11.6 Å². The number of hydrogen-bond acceptors (Lipinski definition) is 6. The molecule has 0 spiro atoms. The summed E-state index contributed by atoms with van der Waals surface area (Å²) in [4.78, 5) is 9.12. The maximum atomic E-state index is 6.13. The molecule has 0 atom stereocenters. The van der Waals surface area contributed by atoms with Crippen LogP contribution in [0.1, 0.15) is 0 Å². The lowest BCUT2D eigenvalue weighted by Gasteiger charge is -2.12. The van der Waals surface area contributed by atoms with E-state index in [9.17, 15) is 0 Å². The molecule has 6 nitrogen and oxygen atoms in total. The van der Waals surface area contributed by atoms with Crippen molar-refractivity contribution in [2.45, 2.75) is 0 Å². The van der Waals surface area contributed by atoms with E-state index < -0.39 is 0 Å². The summed E-state index contributed by atoms with van der Waals surface area (Å²) in [6.45, 7) is 1.02. The molecule has 30 heavy (non-hydrogen) atoms. The van der Waals surface area contributed by atoms with Crippen molar-refractivity contribution >= 4 is 88.2 Å². The Kier molecular flexibility index (Phi) is 8.17. The number of thiazole rings is 1. The predicted molar refractivity (Wildman–Crippen MR) is 134 cm³/mol. The van der Waals surface area contributed by atoms with Gasteiger partial charge in [-0.15, -0.1) is 28.3 Å². The van der Waals surface area contributed by atoms with Crippen molar-refractivity contribution in [3.63, 3.8) is 0 Å². The standard InChI is InChI=1S/C19H15Br2ClN4O2S.BrH/c1-27-4-5-28-12-6-13(20)18(14(21)7-12)25-19-24-15(10-29-19)16-8-23-17-3-2-11(22)9-26(16)17;/h2-3,6-10H,4-5H2,1H3,(H,24,25);1H. The van der Waals surface area contributed by atoms with Gasteiger partial charge >= 0.3 is 0 Å². The second-order valence-electron chi connectivity index (χ2n) is 5.99. The number of anilines is 2. The molecule has 0 aliphatic carbocycles. The number of imidazole rings is 1. The number of hydrogen-bond donors (Lipinski definition) is 1. The minimum atomic E-state index is 0. The molecule has 4 rings (SSSR count). The first-order valence-corrected chi connectivity index (χ1v) is 11.4. The second kappa shape index (κ2) is 10.4. The Hall–Kier alpha value is -1.17. The molecule has 0 fully saturated rings. The molecule has 0 aliphatic rings. The number of halogens is 4. The zero-order chi connectivity index (χ0) is 20.4. The molecular formula is C19H16Br3ClN4O2S. The van der Waals surface area contributed by atoms with E-state index in [1.54, 1.807) is 13.3 Å². The fraction of sp³-hybridized carbons (Fsp3) is 0.158. The van der Waals surface area contributed by atoms with E-state index in [2.05, 4.69) is 42.2 Å². The van der Waals surface area contributed by atoms with Gasteiger partial charge in [-0.2, -0.15) is 0 Å². The molecule has 0 amide bonds. The van der Waals surface area contributed by atoms with Crippen LogP contribution in [0.2, 0.25) is 5.02 Å². The van der Waals surface area contributed by atoms with Crippen LogP contribution in [0.25, 0.3) is 17.0 Å². The summed E-state index contributed by atoms with van der Waals surface area (Å²) < 4.78 is 14.3. The highest BCUT2D eigenvalue weighted by molar-refractivity contribution is 9.11. The van der Waals surface area contributed by atoms with Crippen LogP contribution < -0.4 is 10.1 Å². The molecule has 158 valence electrons. The molecule has 0 radical (unpaired) electrons. The molecular weight excluding hydrogens is 623 g/mol. The van der Waals surface area contributed by atoms with Gasteiger partial charge in [-0.05, 0) is 56.1 Å². The Labute approximate surface area is 209 Å². The summed E-state index contributed by atoms with van der Waals surface area (Å²) in [5.74, 6) is 0.744. The van der Waals surface area contributed by atoms with Crippen LogP contribution in [0.5, 0.6) is 5.75 Å². The highest BCUT2D eigenvalue weighted by Crippen LogP contribution is 2.38. The number of pyridine rings is 1. The minimum Gasteiger partial charge on any atom is -0.491 e. The lowest BCUT2D eigenvalue weighted by Crippen LogP contribution is -2.04. The highest BCUT2D eigenvalue weighted by atomic mass is 79.9. The number of fused-ring (bicyclic) bond motifs is 1. The van der Waals surface area contributed by atoms with Gasteiger partial charge in [0, 0.05) is 27.6 Å². The Bertz CT molecular complexity index is 1140. The topological polar surface area (TPSA) is 60.7 Å². The average Bonchev–Trinajstić information content (AvgIpc) is 3.31. The maximum Gasteiger partial charge on any atom is 0.187 e. The van der Waals surface area contributed by atoms with Crippen molar-refractivity contribution in [1.82, 2.24) is 14.4 Å². The molecule has 3 heterocycles. The zero-order valence-corrected chi connectivity index (χ0v) is 22.0. The Morgan fingerprint density at radius 1 is 1.20 bits per heavy atom. The van der Waals surface area contributed by atoms with Gasteiger partial charge in [-0.3, -0.25) is 4.40 Å². The predicted octanol–water partition coefficient (Wildman–Crippen LogP) is 6.98. The summed E-state index contributed by atoms with van der Waals surface area (Å²) in [6.07, 6.45) is 3.63. The van der Waals surface area contributed by atoms with Crippen LogP contribution in [0.15, 0.2) is 51.0 Å². The SMILES string of the molecule is Br.COCCOc1cc(Br)c(Nc2nc(-c3cnc4ccc(Cl)cn34)cs2)c(Br)c1. The van der Waals surface area contributed by atoms with Crippen molar-refractivity contribution in [2.75, 3.05) is 25.6 Å². The number of benzene rings is 1. The van der Waals surface area contributed by atoms with Crippen molar-refractivity contribution in [1.29, 1.82) is 0 Å². The first-order chi connectivity index (χ1) is 14.0. The third-order valence-corrected chi connectivity index (χ3v) is 6.27. The Morgan fingerprint density at radius 3 is 2.70 bits per heavy atom. The fourth-order valence-corrected chi connectivity index (χ4v) is 4.91. The summed E-state index contributed by atoms with van der Waals surface area (Å²) >= 11 is 14.8. The van der Waals surface area contributed by atoms with Gasteiger partial charge < -0.3 is 14.8 Å². The largest absolute Gasteiger partial charge is 0.491 e. The van der Waals surface area contributed by atoms with Crippen LogP contribution in [-0.2, 0) is 4.74 Å². The minimum absolute atomic E-state index is 0. The van der Waals surface area contributed by atoms with Crippen LogP contribution >= 0.6 is 71.8 Å². The van der Waals surface area contributed by atoms with Gasteiger partial charge in [0.1, 0.15) is 23.7 Å². The molecule has 11 heteroatoms. The monoisotopic (exact) mass is 636 g/mol. The molecule has 0 saturated heterocycles. The molecule has 4 aromatic rings. The number of nitrogens with zero attached hydrogens (tertiary/aromatic N) is 3. The van der Waals surface area contributed by atoms with Gasteiger partial charge in [-0.25, -0.2) is 9.97 Å². The third kappa shape index (κ3) is 5.17. The van der Waals surface area contributed by atoms with E-state index in [-0.39, 0.29) is 17.0 Å². The van der Waals surface area contributed by atoms with E-state index in [1.165, 1.54) is 11.3 Å². The zero-order valence-electron chi connectivity index (χ0n) is 15.6. The normalized spacial score (nSPS) is 10.8. The number of ether oxygens (including phenoxy) is 2. The van der Waals surface area contributed by atoms with Gasteiger partial charge in [0.25, 0.3) is 0 Å². The van der Waals surface area contributed by atoms with Crippen molar-refractivity contribution in [3.05, 3.63) is 56.0 Å². The maximum absolute atomic E-state index is 6.13. The summed E-state index contributed by atoms with van der Waals surface area (Å²) in [5, 5.41) is 6.74. The van der Waals surface area contributed by atoms with Gasteiger partial charge in [0.2, 0.25) is 0 Å². The molecule has 0 saturated carbocycles. The fourth-order valence-electron chi connectivity index (χ4n) is 2.70. The Balaban J connectivity index is 0.00000256. The number of nitrogens with one attached hydrogen (secondary N) is 1. The first kappa shape index (κ1) is 23.5. The second-order valence-corrected chi connectivity index (χ2v) is 8.99. The van der Waals surface area contributed by atoms with E-state index >= 15 is 0 Å². The van der Waals surface area contributed by atoms with Crippen LogP contribution in [0.4, 0.5) is 10.8 Å². The van der Waals surface area contributed by atoms with Crippen molar-refractivity contribution in [3.8, 4) is 17.1 Å². The number of methoxy groups -OCH3 is 1. The van der Waals surface area contributed by atoms with E-state index in [4.69, 9.17) is 26.1 Å². The molecule has 0 aliphatic heterocycles. The molecule has 3 aromatic heterocycles. The van der Waals surface area contributed by atoms with Crippen molar-refractivity contribution in [2.24, 2.45) is 0 Å². The summed E-state index contributed by atoms with van der Waals surface area (Å²) in [5.41, 5.74) is 3.39. The number of aromatic nitrogens is 3. The lowest BCUT2D eigenvalue weighted by molar-refractivity contribution is 0.146. The van der Waals surface area contributed by atoms with E-state index in [1.807, 2.05) is 40.2 Å². The first-order valence-electron chi connectivity index (χ1n) is 8.51. The average molecular weight is 640 g/mol. The third-order valence-electron chi connectivity index (χ3n) is 4.04. The summed E-state index contributed by atoms with van der Waals surface area (Å²) in [7, 11) is 1.64. The quantitative estimate of drug-likeness (QED) is 0.221. The van der Waals surface area contributed by atoms with Crippen molar-refractivity contribution < 1.29 is 9.47 Å². The van der Waals surface area contributed by atoms with Gasteiger partial charge in [0.15, 0.2) is 5.13 Å². The molecule has 0 unspecified atom stereocenters. The molecule has 0 bridgehead atoms. The van der Waals surface area contributed by atoms with Gasteiger partial charge in [0.05, 0.1) is 29.2 Å². The molecule has 1 N–H and O–H groups in total. The van der Waals surface area contributed by atoms with E-state index in [0.717, 1.165) is 42.5 Å². The molecule has 1 aromatic carbocycles. The van der Waals surface area contributed by atoms with Crippen LogP contribution in [0, 0.1) is 0 Å². The smallest absolute Gasteiger partial charge is 0.187 e.